The van der Waals surface area contributed by atoms with E-state index in [9.17, 15) is 0 Å². The van der Waals surface area contributed by atoms with Crippen molar-refractivity contribution in [3.8, 4) is 0 Å². The van der Waals surface area contributed by atoms with Gasteiger partial charge in [-0.1, -0.05) is 46.9 Å². The monoisotopic (exact) mass is 192 g/mol. The van der Waals surface area contributed by atoms with Gasteiger partial charge < -0.3 is 0 Å². The maximum Gasteiger partial charge on any atom is 0.0739 e. The molecule has 2 atom stereocenters. The predicted octanol–water partition coefficient (Wildman–Crippen LogP) is 4.21. The van der Waals surface area contributed by atoms with Crippen molar-refractivity contribution >= 4 is 7.85 Å². The average molecular weight is 192 g/mol. The lowest BCUT2D eigenvalue weighted by molar-refractivity contribution is -0.129. The smallest absolute Gasteiger partial charge is 0.0711 e. The van der Waals surface area contributed by atoms with Crippen LogP contribution in [0, 0.1) is 16.7 Å². The van der Waals surface area contributed by atoms with Crippen molar-refractivity contribution in [2.45, 2.75) is 66.1 Å². The predicted molar refractivity (Wildman–Crippen MR) is 64.7 cm³/mol. The Kier molecular flexibility index (Phi) is 2.85. The quantitative estimate of drug-likeness (QED) is 0.587. The second-order valence-corrected chi connectivity index (χ2v) is 6.66. The standard InChI is InChI=1S/C13H25B/c1-7-13(9-12(5,6)14)10(2)8-11(13,3)4/h10H,7-9H2,1-6H3. The fraction of sp³-hybridized carbons (Fsp3) is 1.00. The molecule has 2 radical (unpaired) electrons. The molecule has 0 aromatic carbocycles. The molecule has 1 aliphatic rings. The third-order valence-electron chi connectivity index (χ3n) is 4.51. The van der Waals surface area contributed by atoms with Gasteiger partial charge in [0.15, 0.2) is 0 Å². The molecule has 1 fully saturated rings. The van der Waals surface area contributed by atoms with Crippen molar-refractivity contribution < 1.29 is 0 Å². The average Bonchev–Trinajstić information content (AvgIpc) is 1.97. The molecular formula is C13H25B. The van der Waals surface area contributed by atoms with Gasteiger partial charge in [-0.25, -0.2) is 0 Å². The van der Waals surface area contributed by atoms with E-state index in [2.05, 4.69) is 41.5 Å². The minimum absolute atomic E-state index is 0.0258. The first-order chi connectivity index (χ1) is 6.15. The van der Waals surface area contributed by atoms with Gasteiger partial charge in [0.05, 0.1) is 7.85 Å². The zero-order chi connectivity index (χ0) is 11.2. The van der Waals surface area contributed by atoms with Crippen molar-refractivity contribution in [3.63, 3.8) is 0 Å². The molecule has 0 amide bonds. The van der Waals surface area contributed by atoms with Crippen LogP contribution < -0.4 is 0 Å². The largest absolute Gasteiger partial charge is 0.0739 e. The second-order valence-electron chi connectivity index (χ2n) is 6.66. The van der Waals surface area contributed by atoms with Crippen LogP contribution in [-0.2, 0) is 0 Å². The Morgan fingerprint density at radius 3 is 2.00 bits per heavy atom. The van der Waals surface area contributed by atoms with Crippen LogP contribution in [0.2, 0.25) is 5.31 Å². The second kappa shape index (κ2) is 3.28. The molecule has 0 heterocycles. The molecule has 14 heavy (non-hydrogen) atoms. The number of rotatable bonds is 3. The lowest BCUT2D eigenvalue weighted by atomic mass is 9.40. The molecule has 0 aromatic heterocycles. The Bertz CT molecular complexity index is 212. The van der Waals surface area contributed by atoms with E-state index >= 15 is 0 Å². The van der Waals surface area contributed by atoms with Crippen LogP contribution >= 0.6 is 0 Å². The van der Waals surface area contributed by atoms with Gasteiger partial charge >= 0.3 is 0 Å². The Morgan fingerprint density at radius 1 is 1.36 bits per heavy atom. The molecule has 0 aromatic rings. The van der Waals surface area contributed by atoms with E-state index in [1.165, 1.54) is 12.8 Å². The summed E-state index contributed by atoms with van der Waals surface area (Å²) in [5.74, 6) is 0.838. The molecule has 0 aliphatic heterocycles. The zero-order valence-electron chi connectivity index (χ0n) is 10.8. The topological polar surface area (TPSA) is 0 Å². The van der Waals surface area contributed by atoms with Crippen molar-refractivity contribution in [1.82, 2.24) is 0 Å². The van der Waals surface area contributed by atoms with Crippen LogP contribution in [0.3, 0.4) is 0 Å². The molecule has 1 heteroatoms. The summed E-state index contributed by atoms with van der Waals surface area (Å²) in [4.78, 5) is 0. The fourth-order valence-electron chi connectivity index (χ4n) is 3.88. The van der Waals surface area contributed by atoms with Crippen molar-refractivity contribution in [2.24, 2.45) is 16.7 Å². The van der Waals surface area contributed by atoms with Gasteiger partial charge in [0, 0.05) is 0 Å². The Balaban J connectivity index is 2.86. The zero-order valence-corrected chi connectivity index (χ0v) is 10.8. The summed E-state index contributed by atoms with van der Waals surface area (Å²) in [5.41, 5.74) is 0.961. The first kappa shape index (κ1) is 12.1. The summed E-state index contributed by atoms with van der Waals surface area (Å²) in [7, 11) is 6.19. The summed E-state index contributed by atoms with van der Waals surface area (Å²) in [5, 5.41) is -0.0258. The summed E-state index contributed by atoms with van der Waals surface area (Å²) in [6.45, 7) is 13.8. The van der Waals surface area contributed by atoms with Crippen LogP contribution in [0.1, 0.15) is 60.8 Å². The van der Waals surface area contributed by atoms with Crippen molar-refractivity contribution in [2.75, 3.05) is 0 Å². The molecule has 80 valence electrons. The third kappa shape index (κ3) is 1.75. The maximum atomic E-state index is 6.19. The van der Waals surface area contributed by atoms with Crippen LogP contribution in [-0.4, -0.2) is 7.85 Å². The van der Waals surface area contributed by atoms with Gasteiger partial charge in [0.2, 0.25) is 0 Å². The van der Waals surface area contributed by atoms with Crippen molar-refractivity contribution in [1.29, 1.82) is 0 Å². The highest BCUT2D eigenvalue weighted by atomic mass is 14.6. The van der Waals surface area contributed by atoms with Gasteiger partial charge in [-0.3, -0.25) is 0 Å². The van der Waals surface area contributed by atoms with E-state index in [0.717, 1.165) is 12.3 Å². The highest BCUT2D eigenvalue weighted by molar-refractivity contribution is 6.14. The van der Waals surface area contributed by atoms with Gasteiger partial charge in [-0.15, -0.1) is 0 Å². The highest BCUT2D eigenvalue weighted by Gasteiger charge is 2.57. The van der Waals surface area contributed by atoms with Crippen LogP contribution in [0.15, 0.2) is 0 Å². The molecular weight excluding hydrogens is 167 g/mol. The molecule has 0 bridgehead atoms. The van der Waals surface area contributed by atoms with E-state index < -0.39 is 0 Å². The van der Waals surface area contributed by atoms with Gasteiger partial charge in [0.1, 0.15) is 0 Å². The normalized spacial score (nSPS) is 36.6. The Labute approximate surface area is 91.3 Å². The van der Waals surface area contributed by atoms with Crippen LogP contribution in [0.25, 0.3) is 0 Å². The molecule has 0 saturated heterocycles. The van der Waals surface area contributed by atoms with E-state index in [1.54, 1.807) is 0 Å². The first-order valence-electron chi connectivity index (χ1n) is 5.93. The van der Waals surface area contributed by atoms with Gasteiger partial charge in [-0.2, -0.15) is 0 Å². The molecule has 0 N–H and O–H groups in total. The highest BCUT2D eigenvalue weighted by Crippen LogP contribution is 2.66. The van der Waals surface area contributed by atoms with E-state index in [1.807, 2.05) is 0 Å². The molecule has 0 spiro atoms. The molecule has 0 nitrogen and oxygen atoms in total. The summed E-state index contributed by atoms with van der Waals surface area (Å²) >= 11 is 0. The molecule has 1 aliphatic carbocycles. The summed E-state index contributed by atoms with van der Waals surface area (Å²) in [6.07, 6.45) is 3.78. The fourth-order valence-corrected chi connectivity index (χ4v) is 3.88. The number of hydrogen-bond acceptors (Lipinski definition) is 0. The molecule has 1 saturated carbocycles. The summed E-state index contributed by atoms with van der Waals surface area (Å²) < 4.78 is 0. The lowest BCUT2D eigenvalue weighted by Crippen LogP contribution is -2.55. The van der Waals surface area contributed by atoms with Gasteiger partial charge in [0.25, 0.3) is 0 Å². The third-order valence-corrected chi connectivity index (χ3v) is 4.51. The molecule has 2 unspecified atom stereocenters. The first-order valence-corrected chi connectivity index (χ1v) is 5.93. The lowest BCUT2D eigenvalue weighted by Gasteiger charge is -2.63. The minimum Gasteiger partial charge on any atom is -0.0711 e. The van der Waals surface area contributed by atoms with E-state index in [0.29, 0.717) is 10.8 Å². The SMILES string of the molecule is [B]C(C)(C)CC1(CC)C(C)CC1(C)C. The van der Waals surface area contributed by atoms with E-state index in [-0.39, 0.29) is 5.31 Å². The van der Waals surface area contributed by atoms with E-state index in [4.69, 9.17) is 7.85 Å². The Hall–Kier alpha value is 0.0649. The number of hydrogen-bond donors (Lipinski definition) is 0. The minimum atomic E-state index is -0.0258. The Morgan fingerprint density at radius 2 is 1.86 bits per heavy atom. The van der Waals surface area contributed by atoms with Gasteiger partial charge in [-0.05, 0) is 36.0 Å². The molecule has 1 rings (SSSR count). The summed E-state index contributed by atoms with van der Waals surface area (Å²) in [6, 6.07) is 0. The van der Waals surface area contributed by atoms with Crippen LogP contribution in [0.5, 0.6) is 0 Å². The van der Waals surface area contributed by atoms with Crippen LogP contribution in [0.4, 0.5) is 0 Å². The maximum absolute atomic E-state index is 6.19. The van der Waals surface area contributed by atoms with Crippen molar-refractivity contribution in [3.05, 3.63) is 0 Å².